The average molecular weight is 348 g/mol. The lowest BCUT2D eigenvalue weighted by molar-refractivity contribution is -0.383. The number of anilines is 1. The largest absolute Gasteiger partial charge is 0.354 e. The summed E-state index contributed by atoms with van der Waals surface area (Å²) in [5.41, 5.74) is -0.0450. The topological polar surface area (TPSA) is 105 Å². The molecule has 0 bridgehead atoms. The number of nitro benzene ring substituents is 1. The maximum Gasteiger partial charge on any atom is 0.322 e. The minimum Gasteiger partial charge on any atom is -0.354 e. The highest BCUT2D eigenvalue weighted by molar-refractivity contribution is 5.95. The van der Waals surface area contributed by atoms with Crippen LogP contribution < -0.4 is 10.6 Å². The number of hydrogen-bond acceptors (Lipinski definition) is 4. The SMILES string of the molecule is CC(C)CCNC(=O)[C@@H]1CCCN1C(=O)Nc1ccccc1[N+](=O)[O-]. The number of nitrogens with zero attached hydrogens (tertiary/aromatic N) is 2. The maximum atomic E-state index is 12.5. The molecule has 0 aliphatic carbocycles. The average Bonchev–Trinajstić information content (AvgIpc) is 3.04. The summed E-state index contributed by atoms with van der Waals surface area (Å²) in [5, 5.41) is 16.5. The van der Waals surface area contributed by atoms with E-state index in [-0.39, 0.29) is 17.3 Å². The van der Waals surface area contributed by atoms with Gasteiger partial charge >= 0.3 is 6.03 Å². The molecule has 1 aromatic carbocycles. The van der Waals surface area contributed by atoms with Crippen molar-refractivity contribution in [1.82, 2.24) is 10.2 Å². The van der Waals surface area contributed by atoms with Gasteiger partial charge in [-0.15, -0.1) is 0 Å². The zero-order valence-electron chi connectivity index (χ0n) is 14.5. The van der Waals surface area contributed by atoms with Gasteiger partial charge in [-0.3, -0.25) is 14.9 Å². The Morgan fingerprint density at radius 3 is 2.76 bits per heavy atom. The van der Waals surface area contributed by atoms with Crippen LogP contribution in [0.2, 0.25) is 0 Å². The van der Waals surface area contributed by atoms with E-state index in [1.807, 2.05) is 0 Å². The molecule has 8 heteroatoms. The smallest absolute Gasteiger partial charge is 0.322 e. The van der Waals surface area contributed by atoms with Gasteiger partial charge < -0.3 is 15.5 Å². The normalized spacial score (nSPS) is 16.8. The quantitative estimate of drug-likeness (QED) is 0.609. The molecule has 0 saturated carbocycles. The first-order valence-electron chi connectivity index (χ1n) is 8.49. The molecular weight excluding hydrogens is 324 g/mol. The van der Waals surface area contributed by atoms with Gasteiger partial charge in [-0.25, -0.2) is 4.79 Å². The molecule has 0 spiro atoms. The van der Waals surface area contributed by atoms with E-state index in [0.29, 0.717) is 25.4 Å². The Morgan fingerprint density at radius 1 is 1.36 bits per heavy atom. The predicted octanol–water partition coefficient (Wildman–Crippen LogP) is 2.75. The van der Waals surface area contributed by atoms with Crippen LogP contribution in [0.3, 0.4) is 0 Å². The van der Waals surface area contributed by atoms with Crippen molar-refractivity contribution in [2.75, 3.05) is 18.4 Å². The van der Waals surface area contributed by atoms with Crippen LogP contribution in [0.25, 0.3) is 0 Å². The number of carbonyl (C=O) groups is 2. The van der Waals surface area contributed by atoms with Crippen molar-refractivity contribution in [2.24, 2.45) is 5.92 Å². The molecule has 0 unspecified atom stereocenters. The van der Waals surface area contributed by atoms with Crippen LogP contribution in [-0.2, 0) is 4.79 Å². The van der Waals surface area contributed by atoms with Gasteiger partial charge in [0, 0.05) is 19.2 Å². The van der Waals surface area contributed by atoms with E-state index in [1.54, 1.807) is 6.07 Å². The fraction of sp³-hybridized carbons (Fsp3) is 0.529. The van der Waals surface area contributed by atoms with Crippen LogP contribution in [0.5, 0.6) is 0 Å². The Morgan fingerprint density at radius 2 is 2.08 bits per heavy atom. The van der Waals surface area contributed by atoms with Crippen LogP contribution in [0.1, 0.15) is 33.1 Å². The van der Waals surface area contributed by atoms with Crippen molar-refractivity contribution >= 4 is 23.3 Å². The number of nitro groups is 1. The molecule has 1 aliphatic heterocycles. The van der Waals surface area contributed by atoms with Gasteiger partial charge in [0.05, 0.1) is 4.92 Å². The third kappa shape index (κ3) is 4.91. The van der Waals surface area contributed by atoms with Gasteiger partial charge in [-0.1, -0.05) is 26.0 Å². The van der Waals surface area contributed by atoms with Crippen molar-refractivity contribution < 1.29 is 14.5 Å². The number of urea groups is 1. The minimum atomic E-state index is -0.546. The van der Waals surface area contributed by atoms with Gasteiger partial charge in [-0.2, -0.15) is 0 Å². The molecule has 2 rings (SSSR count). The van der Waals surface area contributed by atoms with E-state index in [9.17, 15) is 19.7 Å². The third-order valence-corrected chi connectivity index (χ3v) is 4.18. The van der Waals surface area contributed by atoms with Gasteiger partial charge in [0.1, 0.15) is 11.7 Å². The van der Waals surface area contributed by atoms with Gasteiger partial charge in [0.2, 0.25) is 5.91 Å². The second-order valence-corrected chi connectivity index (χ2v) is 6.53. The van der Waals surface area contributed by atoms with Crippen LogP contribution in [0, 0.1) is 16.0 Å². The molecule has 0 radical (unpaired) electrons. The molecule has 3 amide bonds. The van der Waals surface area contributed by atoms with Gasteiger partial charge in [0.25, 0.3) is 5.69 Å². The fourth-order valence-electron chi connectivity index (χ4n) is 2.81. The highest BCUT2D eigenvalue weighted by Crippen LogP contribution is 2.25. The monoisotopic (exact) mass is 348 g/mol. The molecule has 1 saturated heterocycles. The van der Waals surface area contributed by atoms with Crippen LogP contribution in [-0.4, -0.2) is 40.9 Å². The van der Waals surface area contributed by atoms with Crippen molar-refractivity contribution in [3.05, 3.63) is 34.4 Å². The predicted molar refractivity (Wildman–Crippen MR) is 94.3 cm³/mol. The van der Waals surface area contributed by atoms with Gasteiger partial charge in [-0.05, 0) is 31.2 Å². The molecule has 8 nitrogen and oxygen atoms in total. The Bertz CT molecular complexity index is 647. The zero-order chi connectivity index (χ0) is 18.4. The molecule has 1 aliphatic rings. The number of amides is 3. The summed E-state index contributed by atoms with van der Waals surface area (Å²) >= 11 is 0. The first-order chi connectivity index (χ1) is 11.9. The number of carbonyl (C=O) groups excluding carboxylic acids is 2. The molecule has 136 valence electrons. The molecule has 1 aromatic rings. The van der Waals surface area contributed by atoms with Crippen LogP contribution >= 0.6 is 0 Å². The first kappa shape index (κ1) is 18.7. The Labute approximate surface area is 146 Å². The summed E-state index contributed by atoms with van der Waals surface area (Å²) in [4.78, 5) is 36.8. The Kier molecular flexibility index (Phi) is 6.32. The van der Waals surface area contributed by atoms with Gasteiger partial charge in [0.15, 0.2) is 0 Å². The first-order valence-corrected chi connectivity index (χ1v) is 8.49. The number of nitrogens with one attached hydrogen (secondary N) is 2. The van der Waals surface area contributed by atoms with E-state index >= 15 is 0 Å². The van der Waals surface area contributed by atoms with Crippen molar-refractivity contribution in [1.29, 1.82) is 0 Å². The second kappa shape index (κ2) is 8.46. The summed E-state index contributed by atoms with van der Waals surface area (Å²) in [6, 6.07) is 4.93. The summed E-state index contributed by atoms with van der Waals surface area (Å²) < 4.78 is 0. The second-order valence-electron chi connectivity index (χ2n) is 6.53. The summed E-state index contributed by atoms with van der Waals surface area (Å²) in [6.07, 6.45) is 2.20. The van der Waals surface area contributed by atoms with E-state index in [1.165, 1.54) is 23.1 Å². The lowest BCUT2D eigenvalue weighted by atomic mass is 10.1. The van der Waals surface area contributed by atoms with Crippen LogP contribution in [0.4, 0.5) is 16.2 Å². The Hall–Kier alpha value is -2.64. The third-order valence-electron chi connectivity index (χ3n) is 4.18. The maximum absolute atomic E-state index is 12.5. The van der Waals surface area contributed by atoms with Crippen molar-refractivity contribution in [2.45, 2.75) is 39.2 Å². The van der Waals surface area contributed by atoms with E-state index in [0.717, 1.165) is 12.8 Å². The lowest BCUT2D eigenvalue weighted by Gasteiger charge is -2.24. The number of benzene rings is 1. The molecule has 0 aromatic heterocycles. The van der Waals surface area contributed by atoms with E-state index in [2.05, 4.69) is 24.5 Å². The lowest BCUT2D eigenvalue weighted by Crippen LogP contribution is -2.47. The number of para-hydroxylation sites is 2. The van der Waals surface area contributed by atoms with Crippen LogP contribution in [0.15, 0.2) is 24.3 Å². The van der Waals surface area contributed by atoms with Crippen molar-refractivity contribution in [3.8, 4) is 0 Å². The molecule has 1 atom stereocenters. The molecule has 2 N–H and O–H groups in total. The molecule has 1 heterocycles. The Balaban J connectivity index is 2.01. The number of rotatable bonds is 6. The number of likely N-dealkylation sites (tertiary alicyclic amines) is 1. The molecule has 1 fully saturated rings. The van der Waals surface area contributed by atoms with E-state index in [4.69, 9.17) is 0 Å². The highest BCUT2D eigenvalue weighted by atomic mass is 16.6. The van der Waals surface area contributed by atoms with E-state index < -0.39 is 17.0 Å². The molecule has 25 heavy (non-hydrogen) atoms. The zero-order valence-corrected chi connectivity index (χ0v) is 14.5. The summed E-state index contributed by atoms with van der Waals surface area (Å²) in [7, 11) is 0. The summed E-state index contributed by atoms with van der Waals surface area (Å²) in [5.74, 6) is 0.317. The summed E-state index contributed by atoms with van der Waals surface area (Å²) in [6.45, 7) is 5.18. The number of hydrogen-bond donors (Lipinski definition) is 2. The molecular formula is C17H24N4O4. The highest BCUT2D eigenvalue weighted by Gasteiger charge is 2.34. The fourth-order valence-corrected chi connectivity index (χ4v) is 2.81. The van der Waals surface area contributed by atoms with Crippen molar-refractivity contribution in [3.63, 3.8) is 0 Å². The standard InChI is InChI=1S/C17H24N4O4/c1-12(2)9-10-18-16(22)15-8-5-11-20(15)17(23)19-13-6-3-4-7-14(13)21(24)25/h3-4,6-7,12,15H,5,8-11H2,1-2H3,(H,18,22)(H,19,23)/t15-/m0/s1. The minimum absolute atomic E-state index is 0.128.